The number of nitrogens with one attached hydrogen (secondary N) is 1. The van der Waals surface area contributed by atoms with E-state index in [0.717, 1.165) is 12.8 Å². The minimum absolute atomic E-state index is 0.0309. The first kappa shape index (κ1) is 16.9. The molecule has 0 heterocycles. The highest BCUT2D eigenvalue weighted by Crippen LogP contribution is 2.15. The van der Waals surface area contributed by atoms with Crippen molar-refractivity contribution >= 4 is 11.9 Å². The molecule has 18 heavy (non-hydrogen) atoms. The molecular weight excluding hydrogens is 230 g/mol. The van der Waals surface area contributed by atoms with Crippen molar-refractivity contribution in [1.29, 1.82) is 0 Å². The minimum atomic E-state index is -0.795. The van der Waals surface area contributed by atoms with E-state index >= 15 is 0 Å². The number of carbonyl (C=O) groups is 2. The highest BCUT2D eigenvalue weighted by atomic mass is 16.4. The van der Waals surface area contributed by atoms with Gasteiger partial charge in [-0.15, -0.1) is 0 Å². The van der Waals surface area contributed by atoms with Crippen molar-refractivity contribution in [2.45, 2.75) is 53.4 Å². The molecule has 4 nitrogen and oxygen atoms in total. The molecule has 2 N–H and O–H groups in total. The van der Waals surface area contributed by atoms with E-state index in [2.05, 4.69) is 26.1 Å². The summed E-state index contributed by atoms with van der Waals surface area (Å²) in [5.74, 6) is 0.0949. The number of hydrogen-bond donors (Lipinski definition) is 2. The molecular formula is C14H27NO3. The molecule has 0 aromatic carbocycles. The number of carbonyl (C=O) groups excluding carboxylic acids is 1. The van der Waals surface area contributed by atoms with Crippen LogP contribution in [0.2, 0.25) is 0 Å². The molecule has 0 saturated carbocycles. The second-order valence-electron chi connectivity index (χ2n) is 5.62. The normalized spacial score (nSPS) is 14.3. The van der Waals surface area contributed by atoms with Crippen LogP contribution in [0.15, 0.2) is 0 Å². The van der Waals surface area contributed by atoms with Gasteiger partial charge in [0.2, 0.25) is 5.91 Å². The summed E-state index contributed by atoms with van der Waals surface area (Å²) in [4.78, 5) is 22.4. The van der Waals surface area contributed by atoms with Gasteiger partial charge in [0.1, 0.15) is 0 Å². The Hall–Kier alpha value is -1.06. The third kappa shape index (κ3) is 9.02. The summed E-state index contributed by atoms with van der Waals surface area (Å²) in [7, 11) is 0. The van der Waals surface area contributed by atoms with Crippen molar-refractivity contribution in [3.8, 4) is 0 Å². The second-order valence-corrected chi connectivity index (χ2v) is 5.62. The molecule has 0 spiro atoms. The molecule has 0 aromatic heterocycles. The van der Waals surface area contributed by atoms with Crippen molar-refractivity contribution in [1.82, 2.24) is 5.32 Å². The summed E-state index contributed by atoms with van der Waals surface area (Å²) < 4.78 is 0. The van der Waals surface area contributed by atoms with E-state index in [-0.39, 0.29) is 18.2 Å². The lowest BCUT2D eigenvalue weighted by atomic mass is 9.94. The van der Waals surface area contributed by atoms with Gasteiger partial charge in [-0.1, -0.05) is 34.1 Å². The van der Waals surface area contributed by atoms with Crippen molar-refractivity contribution in [3.05, 3.63) is 0 Å². The summed E-state index contributed by atoms with van der Waals surface area (Å²) in [5, 5.41) is 11.7. The predicted molar refractivity (Wildman–Crippen MR) is 72.3 cm³/mol. The molecule has 2 atom stereocenters. The fraction of sp³-hybridized carbons (Fsp3) is 0.857. The number of amides is 1. The molecule has 0 aliphatic rings. The van der Waals surface area contributed by atoms with Gasteiger partial charge >= 0.3 is 5.97 Å². The van der Waals surface area contributed by atoms with Crippen LogP contribution < -0.4 is 5.32 Å². The van der Waals surface area contributed by atoms with Crippen LogP contribution in [0.5, 0.6) is 0 Å². The third-order valence-corrected chi connectivity index (χ3v) is 3.09. The molecule has 0 fully saturated rings. The van der Waals surface area contributed by atoms with Gasteiger partial charge in [-0.05, 0) is 24.2 Å². The number of carboxylic acid groups (broad SMARTS) is 1. The van der Waals surface area contributed by atoms with Gasteiger partial charge in [-0.2, -0.15) is 0 Å². The molecule has 0 aliphatic heterocycles. The summed E-state index contributed by atoms with van der Waals surface area (Å²) in [6.07, 6.45) is 2.47. The lowest BCUT2D eigenvalue weighted by Gasteiger charge is -2.18. The van der Waals surface area contributed by atoms with Crippen molar-refractivity contribution in [2.24, 2.45) is 17.8 Å². The Balaban J connectivity index is 4.08. The van der Waals surface area contributed by atoms with Gasteiger partial charge in [-0.3, -0.25) is 9.59 Å². The summed E-state index contributed by atoms with van der Waals surface area (Å²) in [6.45, 7) is 8.71. The van der Waals surface area contributed by atoms with E-state index in [1.54, 1.807) is 0 Å². The maximum absolute atomic E-state index is 11.6. The van der Waals surface area contributed by atoms with Crippen LogP contribution in [0.4, 0.5) is 0 Å². The van der Waals surface area contributed by atoms with E-state index in [1.165, 1.54) is 0 Å². The monoisotopic (exact) mass is 257 g/mol. The van der Waals surface area contributed by atoms with Gasteiger partial charge < -0.3 is 10.4 Å². The standard InChI is InChI=1S/C14H27NO3/c1-5-11(4)7-13(16)15-9-12(6-10(2)3)8-14(17)18/h10-12H,5-9H2,1-4H3,(H,15,16)(H,17,18)/t11?,12-/m0/s1. The largest absolute Gasteiger partial charge is 0.481 e. The molecule has 106 valence electrons. The quantitative estimate of drug-likeness (QED) is 0.667. The first-order chi connectivity index (χ1) is 8.35. The van der Waals surface area contributed by atoms with E-state index in [4.69, 9.17) is 5.11 Å². The lowest BCUT2D eigenvalue weighted by molar-refractivity contribution is -0.138. The van der Waals surface area contributed by atoms with Crippen LogP contribution in [0.3, 0.4) is 0 Å². The van der Waals surface area contributed by atoms with Gasteiger partial charge in [-0.25, -0.2) is 0 Å². The Bertz CT molecular complexity index is 264. The van der Waals surface area contributed by atoms with Crippen molar-refractivity contribution < 1.29 is 14.7 Å². The van der Waals surface area contributed by atoms with Crippen LogP contribution in [0, 0.1) is 17.8 Å². The molecule has 1 unspecified atom stereocenters. The number of carboxylic acids is 1. The minimum Gasteiger partial charge on any atom is -0.481 e. The predicted octanol–water partition coefficient (Wildman–Crippen LogP) is 2.68. The highest BCUT2D eigenvalue weighted by Gasteiger charge is 2.16. The topological polar surface area (TPSA) is 66.4 Å². The number of aliphatic carboxylic acids is 1. The van der Waals surface area contributed by atoms with Crippen LogP contribution in [-0.2, 0) is 9.59 Å². The highest BCUT2D eigenvalue weighted by molar-refractivity contribution is 5.76. The molecule has 4 heteroatoms. The van der Waals surface area contributed by atoms with Crippen LogP contribution >= 0.6 is 0 Å². The lowest BCUT2D eigenvalue weighted by Crippen LogP contribution is -2.31. The molecule has 0 radical (unpaired) electrons. The van der Waals surface area contributed by atoms with Crippen LogP contribution in [0.25, 0.3) is 0 Å². The van der Waals surface area contributed by atoms with E-state index in [0.29, 0.717) is 24.8 Å². The zero-order valence-corrected chi connectivity index (χ0v) is 12.0. The van der Waals surface area contributed by atoms with Gasteiger partial charge in [0.25, 0.3) is 0 Å². The molecule has 0 saturated heterocycles. The van der Waals surface area contributed by atoms with Crippen molar-refractivity contribution in [3.63, 3.8) is 0 Å². The van der Waals surface area contributed by atoms with Gasteiger partial charge in [0, 0.05) is 19.4 Å². The average molecular weight is 257 g/mol. The Morgan fingerprint density at radius 1 is 1.17 bits per heavy atom. The Labute approximate surface area is 110 Å². The van der Waals surface area contributed by atoms with Crippen molar-refractivity contribution in [2.75, 3.05) is 6.54 Å². The second kappa shape index (κ2) is 8.95. The molecule has 0 bridgehead atoms. The first-order valence-corrected chi connectivity index (χ1v) is 6.83. The zero-order valence-electron chi connectivity index (χ0n) is 12.0. The summed E-state index contributed by atoms with van der Waals surface area (Å²) >= 11 is 0. The van der Waals surface area contributed by atoms with Gasteiger partial charge in [0.15, 0.2) is 0 Å². The maximum atomic E-state index is 11.6. The van der Waals surface area contributed by atoms with Crippen LogP contribution in [-0.4, -0.2) is 23.5 Å². The molecule has 1 amide bonds. The molecule has 0 rings (SSSR count). The van der Waals surface area contributed by atoms with E-state index in [9.17, 15) is 9.59 Å². The maximum Gasteiger partial charge on any atom is 0.303 e. The van der Waals surface area contributed by atoms with E-state index in [1.807, 2.05) is 6.92 Å². The Kier molecular flexibility index (Phi) is 8.42. The zero-order chi connectivity index (χ0) is 14.1. The average Bonchev–Trinajstić information content (AvgIpc) is 2.24. The fourth-order valence-corrected chi connectivity index (χ4v) is 1.94. The SMILES string of the molecule is CCC(C)CC(=O)NC[C@H](CC(=O)O)CC(C)C. The first-order valence-electron chi connectivity index (χ1n) is 6.83. The van der Waals surface area contributed by atoms with Gasteiger partial charge in [0.05, 0.1) is 0 Å². The Morgan fingerprint density at radius 2 is 1.78 bits per heavy atom. The van der Waals surface area contributed by atoms with Crippen LogP contribution in [0.1, 0.15) is 53.4 Å². The molecule has 0 aromatic rings. The number of hydrogen-bond acceptors (Lipinski definition) is 2. The third-order valence-electron chi connectivity index (χ3n) is 3.09. The summed E-state index contributed by atoms with van der Waals surface area (Å²) in [5.41, 5.74) is 0. The van der Waals surface area contributed by atoms with E-state index < -0.39 is 5.97 Å². The fourth-order valence-electron chi connectivity index (χ4n) is 1.94. The molecule has 0 aliphatic carbocycles. The summed E-state index contributed by atoms with van der Waals surface area (Å²) in [6, 6.07) is 0. The number of rotatable bonds is 9. The Morgan fingerprint density at radius 3 is 2.22 bits per heavy atom. The smallest absolute Gasteiger partial charge is 0.303 e.